The van der Waals surface area contributed by atoms with Crippen LogP contribution in [0, 0.1) is 24.2 Å². The number of aryl methyl sites for hydroxylation is 1. The molecule has 190 valence electrons. The van der Waals surface area contributed by atoms with E-state index >= 15 is 0 Å². The van der Waals surface area contributed by atoms with E-state index in [1.807, 2.05) is 31.2 Å². The predicted molar refractivity (Wildman–Crippen MR) is 128 cm³/mol. The van der Waals surface area contributed by atoms with Gasteiger partial charge in [-0.1, -0.05) is 32.0 Å². The summed E-state index contributed by atoms with van der Waals surface area (Å²) in [5, 5.41) is 9.31. The Morgan fingerprint density at radius 3 is 2.60 bits per heavy atom. The van der Waals surface area contributed by atoms with Gasteiger partial charge in [0.15, 0.2) is 0 Å². The highest BCUT2D eigenvalue weighted by molar-refractivity contribution is 5.68. The zero-order valence-corrected chi connectivity index (χ0v) is 20.6. The van der Waals surface area contributed by atoms with Crippen molar-refractivity contribution in [1.82, 2.24) is 4.90 Å². The number of hydrogen-bond acceptors (Lipinski definition) is 3. The van der Waals surface area contributed by atoms with Gasteiger partial charge in [-0.15, -0.1) is 0 Å². The summed E-state index contributed by atoms with van der Waals surface area (Å²) in [7, 11) is 0. The maximum Gasteiger partial charge on any atom is 0.416 e. The van der Waals surface area contributed by atoms with Crippen LogP contribution >= 0.6 is 0 Å². The van der Waals surface area contributed by atoms with E-state index in [2.05, 4.69) is 18.7 Å². The molecule has 2 aromatic rings. The van der Waals surface area contributed by atoms with Crippen LogP contribution in [-0.2, 0) is 17.5 Å². The van der Waals surface area contributed by atoms with Gasteiger partial charge in [-0.25, -0.2) is 0 Å². The molecule has 1 aliphatic carbocycles. The summed E-state index contributed by atoms with van der Waals surface area (Å²) in [6, 6.07) is 11.7. The first-order valence-electron chi connectivity index (χ1n) is 12.3. The average Bonchev–Trinajstić information content (AvgIpc) is 3.56. The first kappa shape index (κ1) is 25.5. The lowest BCUT2D eigenvalue weighted by atomic mass is 9.82. The summed E-state index contributed by atoms with van der Waals surface area (Å²) < 4.78 is 45.8. The van der Waals surface area contributed by atoms with E-state index in [0.29, 0.717) is 24.6 Å². The molecule has 2 fully saturated rings. The largest absolute Gasteiger partial charge is 0.493 e. The molecule has 1 aliphatic heterocycles. The number of benzene rings is 2. The Labute approximate surface area is 205 Å². The van der Waals surface area contributed by atoms with Gasteiger partial charge in [0.05, 0.1) is 18.6 Å². The molecular weight excluding hydrogens is 455 g/mol. The second-order valence-corrected chi connectivity index (χ2v) is 10.9. The van der Waals surface area contributed by atoms with Crippen LogP contribution in [0.3, 0.4) is 0 Å². The molecule has 0 bridgehead atoms. The quantitative estimate of drug-likeness (QED) is 0.436. The van der Waals surface area contributed by atoms with Gasteiger partial charge in [0.25, 0.3) is 0 Å². The minimum absolute atomic E-state index is 0.0187. The molecule has 1 N–H and O–H groups in total. The SMILES string of the molecule is Cc1ccc(C(F)(F)F)cc1CN1CC(COc2cccc([C@@H](CC(=O)O)C3CC3)c2)C(C)(C)C1. The van der Waals surface area contributed by atoms with Crippen molar-refractivity contribution in [1.29, 1.82) is 0 Å². The third-order valence-electron chi connectivity index (χ3n) is 7.61. The maximum atomic E-state index is 13.2. The number of alkyl halides is 3. The van der Waals surface area contributed by atoms with Crippen LogP contribution in [0.1, 0.15) is 61.3 Å². The van der Waals surface area contributed by atoms with Crippen molar-refractivity contribution < 1.29 is 27.8 Å². The topological polar surface area (TPSA) is 49.8 Å². The van der Waals surface area contributed by atoms with Gasteiger partial charge in [-0.05, 0) is 78.0 Å². The van der Waals surface area contributed by atoms with Crippen molar-refractivity contribution in [2.24, 2.45) is 17.3 Å². The number of hydrogen-bond donors (Lipinski definition) is 1. The Bertz CT molecular complexity index is 1060. The number of aliphatic carboxylic acids is 1. The van der Waals surface area contributed by atoms with Crippen LogP contribution < -0.4 is 4.74 Å². The zero-order chi connectivity index (χ0) is 25.4. The molecule has 0 aromatic heterocycles. The summed E-state index contributed by atoms with van der Waals surface area (Å²) in [4.78, 5) is 13.5. The Morgan fingerprint density at radius 2 is 1.94 bits per heavy atom. The zero-order valence-electron chi connectivity index (χ0n) is 20.6. The number of carbonyl (C=O) groups is 1. The maximum absolute atomic E-state index is 13.2. The van der Waals surface area contributed by atoms with E-state index in [1.165, 1.54) is 6.07 Å². The second-order valence-electron chi connectivity index (χ2n) is 10.9. The molecule has 0 amide bonds. The Morgan fingerprint density at radius 1 is 1.20 bits per heavy atom. The Kier molecular flexibility index (Phi) is 7.18. The lowest BCUT2D eigenvalue weighted by Crippen LogP contribution is -2.27. The molecule has 2 aromatic carbocycles. The summed E-state index contributed by atoms with van der Waals surface area (Å²) in [5.41, 5.74) is 1.92. The summed E-state index contributed by atoms with van der Waals surface area (Å²) in [6.07, 6.45) is -2.07. The van der Waals surface area contributed by atoms with Crippen LogP contribution in [-0.4, -0.2) is 35.7 Å². The molecule has 1 heterocycles. The summed E-state index contributed by atoms with van der Waals surface area (Å²) in [5.74, 6) is 0.627. The van der Waals surface area contributed by atoms with Gasteiger partial charge in [-0.3, -0.25) is 9.69 Å². The Hall–Kier alpha value is -2.54. The minimum atomic E-state index is -4.35. The first-order valence-corrected chi connectivity index (χ1v) is 12.3. The molecule has 2 aliphatic rings. The van der Waals surface area contributed by atoms with Crippen molar-refractivity contribution in [2.45, 2.75) is 58.7 Å². The fourth-order valence-electron chi connectivity index (χ4n) is 5.26. The summed E-state index contributed by atoms with van der Waals surface area (Å²) in [6.45, 7) is 8.69. The molecule has 0 spiro atoms. The molecule has 2 atom stereocenters. The van der Waals surface area contributed by atoms with Crippen LogP contribution in [0.5, 0.6) is 5.75 Å². The van der Waals surface area contributed by atoms with Gasteiger partial charge in [-0.2, -0.15) is 13.2 Å². The van der Waals surface area contributed by atoms with E-state index in [0.717, 1.165) is 48.9 Å². The molecule has 0 radical (unpaired) electrons. The molecule has 4 nitrogen and oxygen atoms in total. The third kappa shape index (κ3) is 6.37. The van der Waals surface area contributed by atoms with E-state index in [9.17, 15) is 23.1 Å². The Balaban J connectivity index is 1.40. The van der Waals surface area contributed by atoms with E-state index in [1.54, 1.807) is 6.07 Å². The molecule has 1 saturated carbocycles. The number of nitrogens with zero attached hydrogens (tertiary/aromatic N) is 1. The van der Waals surface area contributed by atoms with Crippen molar-refractivity contribution in [3.05, 3.63) is 64.7 Å². The first-order chi connectivity index (χ1) is 16.4. The van der Waals surface area contributed by atoms with Crippen molar-refractivity contribution in [3.63, 3.8) is 0 Å². The number of rotatable bonds is 9. The fraction of sp³-hybridized carbons (Fsp3) is 0.536. The number of halogens is 3. The molecular formula is C28H34F3NO3. The van der Waals surface area contributed by atoms with Gasteiger partial charge in [0.1, 0.15) is 5.75 Å². The van der Waals surface area contributed by atoms with Gasteiger partial charge >= 0.3 is 12.1 Å². The second kappa shape index (κ2) is 9.84. The number of likely N-dealkylation sites (tertiary alicyclic amines) is 1. The highest BCUT2D eigenvalue weighted by Gasteiger charge is 2.40. The number of ether oxygens (including phenoxy) is 1. The van der Waals surface area contributed by atoms with Crippen LogP contribution in [0.25, 0.3) is 0 Å². The lowest BCUT2D eigenvalue weighted by molar-refractivity contribution is -0.138. The molecule has 1 saturated heterocycles. The van der Waals surface area contributed by atoms with E-state index < -0.39 is 17.7 Å². The fourth-order valence-corrected chi connectivity index (χ4v) is 5.26. The van der Waals surface area contributed by atoms with Gasteiger partial charge < -0.3 is 9.84 Å². The van der Waals surface area contributed by atoms with Crippen LogP contribution in [0.2, 0.25) is 0 Å². The smallest absolute Gasteiger partial charge is 0.416 e. The van der Waals surface area contributed by atoms with Crippen molar-refractivity contribution in [2.75, 3.05) is 19.7 Å². The minimum Gasteiger partial charge on any atom is -0.493 e. The highest BCUT2D eigenvalue weighted by atomic mass is 19.4. The average molecular weight is 490 g/mol. The molecule has 4 rings (SSSR count). The highest BCUT2D eigenvalue weighted by Crippen LogP contribution is 2.45. The van der Waals surface area contributed by atoms with E-state index in [4.69, 9.17) is 4.74 Å². The third-order valence-corrected chi connectivity index (χ3v) is 7.61. The van der Waals surface area contributed by atoms with Gasteiger partial charge in [0.2, 0.25) is 0 Å². The van der Waals surface area contributed by atoms with Crippen molar-refractivity contribution >= 4 is 5.97 Å². The summed E-state index contributed by atoms with van der Waals surface area (Å²) >= 11 is 0. The molecule has 1 unspecified atom stereocenters. The lowest BCUT2D eigenvalue weighted by Gasteiger charge is -2.26. The van der Waals surface area contributed by atoms with Crippen molar-refractivity contribution in [3.8, 4) is 5.75 Å². The molecule has 7 heteroatoms. The van der Waals surface area contributed by atoms with Crippen LogP contribution in [0.4, 0.5) is 13.2 Å². The standard InChI is InChI=1S/C28H34F3NO3/c1-18-7-10-22(28(29,30)31)11-21(18)14-32-15-23(27(2,3)17-32)16-35-24-6-4-5-20(12-24)25(13-26(33)34)19-8-9-19/h4-7,10-12,19,23,25H,8-9,13-17H2,1-3H3,(H,33,34)/t23?,25-/m0/s1. The molecule has 35 heavy (non-hydrogen) atoms. The van der Waals surface area contributed by atoms with Crippen LogP contribution in [0.15, 0.2) is 42.5 Å². The normalized spacial score (nSPS) is 21.1. The number of carboxylic acid groups (broad SMARTS) is 1. The number of carboxylic acids is 1. The van der Waals surface area contributed by atoms with Gasteiger partial charge in [0, 0.05) is 25.6 Å². The predicted octanol–water partition coefficient (Wildman–Crippen LogP) is 6.52. The van der Waals surface area contributed by atoms with E-state index in [-0.39, 0.29) is 23.7 Å². The monoisotopic (exact) mass is 489 g/mol.